The van der Waals surface area contributed by atoms with E-state index in [1.165, 1.54) is 5.54 Å². The first kappa shape index (κ1) is 20.3. The molecule has 6 heteroatoms. The van der Waals surface area contributed by atoms with Crippen molar-refractivity contribution < 1.29 is 14.7 Å². The quantitative estimate of drug-likeness (QED) is 0.385. The maximum absolute atomic E-state index is 12.1. The Balaban J connectivity index is 2.68. The van der Waals surface area contributed by atoms with Gasteiger partial charge >= 0.3 is 0 Å². The van der Waals surface area contributed by atoms with Crippen molar-refractivity contribution in [1.29, 1.82) is 0 Å². The molecule has 0 amide bonds. The Labute approximate surface area is 148 Å². The molecule has 0 aromatic heterocycles. The van der Waals surface area contributed by atoms with E-state index in [0.29, 0.717) is 36.0 Å². The van der Waals surface area contributed by atoms with Crippen LogP contribution in [-0.2, 0) is 9.63 Å². The van der Waals surface area contributed by atoms with Gasteiger partial charge in [0.2, 0.25) is 0 Å². The smallest absolute Gasteiger partial charge is 0.187 e. The number of oxime groups is 1. The lowest BCUT2D eigenvalue weighted by Gasteiger charge is -2.26. The van der Waals surface area contributed by atoms with Crippen molar-refractivity contribution in [2.75, 3.05) is 12.4 Å². The Morgan fingerprint density at radius 3 is 3.04 bits per heavy atom. The molecule has 3 atom stereocenters. The van der Waals surface area contributed by atoms with Gasteiger partial charge in [0.15, 0.2) is 5.78 Å². The third-order valence-corrected chi connectivity index (χ3v) is 4.87. The van der Waals surface area contributed by atoms with Crippen molar-refractivity contribution in [1.82, 2.24) is 0 Å². The zero-order chi connectivity index (χ0) is 17.2. The van der Waals surface area contributed by atoms with Crippen molar-refractivity contribution >= 4 is 34.9 Å². The monoisotopic (exact) mass is 359 g/mol. The van der Waals surface area contributed by atoms with Crippen LogP contribution in [0.3, 0.4) is 0 Å². The molecule has 0 fully saturated rings. The highest BCUT2D eigenvalue weighted by atomic mass is 35.5. The maximum Gasteiger partial charge on any atom is 0.187 e. The number of thioether (sulfide) groups is 1. The van der Waals surface area contributed by atoms with E-state index in [1.807, 2.05) is 24.8 Å². The minimum absolute atomic E-state index is 0.188. The third kappa shape index (κ3) is 7.55. The molecule has 0 heterocycles. The summed E-state index contributed by atoms with van der Waals surface area (Å²) in [5, 5.41) is 14.5. The van der Waals surface area contributed by atoms with Crippen LogP contribution in [0, 0.1) is 5.92 Å². The molecule has 0 radical (unpaired) electrons. The number of ketones is 1. The van der Waals surface area contributed by atoms with Crippen molar-refractivity contribution in [2.24, 2.45) is 11.1 Å². The van der Waals surface area contributed by atoms with E-state index in [2.05, 4.69) is 19.0 Å². The van der Waals surface area contributed by atoms with Crippen LogP contribution in [0.5, 0.6) is 0 Å². The van der Waals surface area contributed by atoms with Crippen molar-refractivity contribution in [3.63, 3.8) is 0 Å². The van der Waals surface area contributed by atoms with E-state index in [9.17, 15) is 9.90 Å². The van der Waals surface area contributed by atoms with Crippen LogP contribution < -0.4 is 0 Å². The Morgan fingerprint density at radius 1 is 1.65 bits per heavy atom. The van der Waals surface area contributed by atoms with Crippen LogP contribution in [-0.4, -0.2) is 40.3 Å². The third-order valence-electron chi connectivity index (χ3n) is 3.59. The van der Waals surface area contributed by atoms with Gasteiger partial charge in [0.25, 0.3) is 0 Å². The number of carbonyl (C=O) groups is 1. The summed E-state index contributed by atoms with van der Waals surface area (Å²) in [7, 11) is 0. The predicted octanol–water partition coefficient (Wildman–Crippen LogP) is 3.93. The van der Waals surface area contributed by atoms with Crippen LogP contribution in [0.15, 0.2) is 28.4 Å². The average molecular weight is 360 g/mol. The molecule has 1 aliphatic carbocycles. The lowest BCUT2D eigenvalue weighted by molar-refractivity contribution is -0.124. The topological polar surface area (TPSA) is 58.9 Å². The van der Waals surface area contributed by atoms with Gasteiger partial charge < -0.3 is 9.94 Å². The summed E-state index contributed by atoms with van der Waals surface area (Å²) in [6, 6.07) is 0. The van der Waals surface area contributed by atoms with Crippen molar-refractivity contribution in [3.8, 4) is 0 Å². The number of aliphatic hydroxyl groups is 1. The fourth-order valence-electron chi connectivity index (χ4n) is 2.67. The molecule has 3 unspecified atom stereocenters. The molecule has 1 aliphatic rings. The van der Waals surface area contributed by atoms with E-state index in [0.717, 1.165) is 12.2 Å². The summed E-state index contributed by atoms with van der Waals surface area (Å²) < 4.78 is 0. The van der Waals surface area contributed by atoms with Gasteiger partial charge in [0.05, 0.1) is 5.71 Å². The van der Waals surface area contributed by atoms with Gasteiger partial charge in [0.1, 0.15) is 12.7 Å². The predicted molar refractivity (Wildman–Crippen MR) is 98.1 cm³/mol. The molecule has 130 valence electrons. The molecule has 23 heavy (non-hydrogen) atoms. The molecule has 0 saturated carbocycles. The number of nitrogens with zero attached hydrogens (tertiary/aromatic N) is 1. The Morgan fingerprint density at radius 2 is 2.39 bits per heavy atom. The van der Waals surface area contributed by atoms with Crippen LogP contribution in [0.25, 0.3) is 0 Å². The number of allylic oxidation sites excluding steroid dienone is 1. The standard InChI is InChI=1S/C17H26ClNO3S/c1-4-23-13(3)9-14-10-15(17(21)16(20)11-14)8-12(2)19-22-7-5-6-18/h5-6,10,13-14,16,20H,4,7-9,11H2,1-3H3/b6-5?,19-12+. The number of rotatable bonds is 9. The van der Waals surface area contributed by atoms with E-state index < -0.39 is 6.10 Å². The highest BCUT2D eigenvalue weighted by molar-refractivity contribution is 7.99. The number of carbonyl (C=O) groups excluding carboxylic acids is 1. The molecule has 0 aromatic carbocycles. The summed E-state index contributed by atoms with van der Waals surface area (Å²) in [5.74, 6) is 1.12. The van der Waals surface area contributed by atoms with E-state index in [4.69, 9.17) is 16.4 Å². The zero-order valence-corrected chi connectivity index (χ0v) is 15.6. The number of hydrogen-bond donors (Lipinski definition) is 1. The molecule has 0 bridgehead atoms. The van der Waals surface area contributed by atoms with Gasteiger partial charge in [-0.05, 0) is 43.1 Å². The number of hydrogen-bond acceptors (Lipinski definition) is 5. The number of Topliss-reactive ketones (excluding diaryl/α,β-unsaturated/α-hetero) is 1. The molecule has 0 aromatic rings. The Bertz CT molecular complexity index is 476. The van der Waals surface area contributed by atoms with E-state index >= 15 is 0 Å². The van der Waals surface area contributed by atoms with Gasteiger partial charge in [0, 0.05) is 17.2 Å². The van der Waals surface area contributed by atoms with Crippen molar-refractivity contribution in [2.45, 2.75) is 51.4 Å². The molecule has 1 N–H and O–H groups in total. The fraction of sp³-hybridized carbons (Fsp3) is 0.647. The second-order valence-corrected chi connectivity index (χ2v) is 7.70. The summed E-state index contributed by atoms with van der Waals surface area (Å²) in [5.41, 5.74) is 2.71. The fourth-order valence-corrected chi connectivity index (χ4v) is 3.69. The largest absolute Gasteiger partial charge is 0.392 e. The second kappa shape index (κ2) is 10.9. The van der Waals surface area contributed by atoms with E-state index in [1.54, 1.807) is 6.08 Å². The van der Waals surface area contributed by atoms with Crippen LogP contribution in [0.1, 0.15) is 40.0 Å². The van der Waals surface area contributed by atoms with Gasteiger partial charge in [-0.3, -0.25) is 4.79 Å². The first-order chi connectivity index (χ1) is 11.0. The number of halogens is 1. The zero-order valence-electron chi connectivity index (χ0n) is 14.0. The van der Waals surface area contributed by atoms with Gasteiger partial charge in [-0.25, -0.2) is 0 Å². The SMILES string of the molecule is CCSC(C)CC1C=C(C/C(C)=N/OCC=CCl)C(=O)C(O)C1. The van der Waals surface area contributed by atoms with Gasteiger partial charge in [-0.1, -0.05) is 36.7 Å². The summed E-state index contributed by atoms with van der Waals surface area (Å²) >= 11 is 7.30. The van der Waals surface area contributed by atoms with Crippen LogP contribution >= 0.6 is 23.4 Å². The number of aliphatic hydroxyl groups excluding tert-OH is 1. The summed E-state index contributed by atoms with van der Waals surface area (Å²) in [4.78, 5) is 17.2. The average Bonchev–Trinajstić information content (AvgIpc) is 2.49. The summed E-state index contributed by atoms with van der Waals surface area (Å²) in [6.07, 6.45) is 4.65. The molecular formula is C17H26ClNO3S. The minimum Gasteiger partial charge on any atom is -0.392 e. The second-order valence-electron chi connectivity index (χ2n) is 5.73. The highest BCUT2D eigenvalue weighted by Gasteiger charge is 2.29. The molecular weight excluding hydrogens is 334 g/mol. The van der Waals surface area contributed by atoms with Crippen molar-refractivity contribution in [3.05, 3.63) is 23.3 Å². The maximum atomic E-state index is 12.1. The summed E-state index contributed by atoms with van der Waals surface area (Å²) in [6.45, 7) is 6.44. The molecule has 0 spiro atoms. The molecule has 0 saturated heterocycles. The lowest BCUT2D eigenvalue weighted by Crippen LogP contribution is -2.31. The van der Waals surface area contributed by atoms with E-state index in [-0.39, 0.29) is 11.7 Å². The first-order valence-electron chi connectivity index (χ1n) is 7.93. The van der Waals surface area contributed by atoms with Gasteiger partial charge in [-0.15, -0.1) is 0 Å². The minimum atomic E-state index is -0.897. The van der Waals surface area contributed by atoms with Crippen LogP contribution in [0.4, 0.5) is 0 Å². The Hall–Kier alpha value is -0.780. The first-order valence-corrected chi connectivity index (χ1v) is 9.41. The molecule has 0 aliphatic heterocycles. The lowest BCUT2D eigenvalue weighted by atomic mass is 9.83. The Kier molecular flexibility index (Phi) is 9.60. The normalized spacial score (nSPS) is 24.0. The van der Waals surface area contributed by atoms with Gasteiger partial charge in [-0.2, -0.15) is 11.8 Å². The molecule has 1 rings (SSSR count). The van der Waals surface area contributed by atoms with Crippen LogP contribution in [0.2, 0.25) is 0 Å². The highest BCUT2D eigenvalue weighted by Crippen LogP contribution is 2.29. The molecule has 4 nitrogen and oxygen atoms in total.